The molecule has 96 valence electrons. The summed E-state index contributed by atoms with van der Waals surface area (Å²) < 4.78 is 9.43. The van der Waals surface area contributed by atoms with Gasteiger partial charge < -0.3 is 14.8 Å². The Labute approximate surface area is 105 Å². The van der Waals surface area contributed by atoms with Crippen LogP contribution in [0, 0.1) is 0 Å². The van der Waals surface area contributed by atoms with E-state index in [2.05, 4.69) is 16.6 Å². The van der Waals surface area contributed by atoms with Crippen molar-refractivity contribution in [2.45, 2.75) is 6.42 Å². The number of esters is 1. The largest absolute Gasteiger partial charge is 0.497 e. The molecule has 0 aromatic heterocycles. The second kappa shape index (κ2) is 6.44. The number of hydrogen-bond acceptors (Lipinski definition) is 4. The lowest BCUT2D eigenvalue weighted by molar-refractivity contribution is -0.137. The predicted octanol–water partition coefficient (Wildman–Crippen LogP) is 1.04. The average Bonchev–Trinajstić information content (AvgIpc) is 2.38. The van der Waals surface area contributed by atoms with Gasteiger partial charge in [0.2, 0.25) is 5.91 Å². The van der Waals surface area contributed by atoms with Crippen molar-refractivity contribution in [3.8, 4) is 5.75 Å². The molecule has 1 rings (SSSR count). The number of benzene rings is 1. The van der Waals surface area contributed by atoms with Crippen molar-refractivity contribution in [2.75, 3.05) is 14.2 Å². The minimum atomic E-state index is -0.655. The van der Waals surface area contributed by atoms with E-state index in [1.807, 2.05) is 0 Å². The third-order valence-electron chi connectivity index (χ3n) is 2.25. The maximum atomic E-state index is 11.6. The van der Waals surface area contributed by atoms with Crippen LogP contribution in [0.2, 0.25) is 0 Å². The molecule has 0 radical (unpaired) electrons. The molecule has 1 aromatic rings. The van der Waals surface area contributed by atoms with Crippen LogP contribution in [0.3, 0.4) is 0 Å². The first-order chi connectivity index (χ1) is 8.56. The zero-order chi connectivity index (χ0) is 13.5. The highest BCUT2D eigenvalue weighted by molar-refractivity contribution is 5.93. The Morgan fingerprint density at radius 2 is 1.83 bits per heavy atom. The fraction of sp³-hybridized carbons (Fsp3) is 0.231. The fourth-order valence-electron chi connectivity index (χ4n) is 1.32. The molecule has 0 saturated heterocycles. The number of methoxy groups -OCH3 is 2. The van der Waals surface area contributed by atoms with Gasteiger partial charge in [-0.05, 0) is 17.7 Å². The van der Waals surface area contributed by atoms with Gasteiger partial charge in [0, 0.05) is 0 Å². The van der Waals surface area contributed by atoms with Gasteiger partial charge in [-0.3, -0.25) is 4.79 Å². The second-order valence-corrected chi connectivity index (χ2v) is 3.54. The van der Waals surface area contributed by atoms with Crippen molar-refractivity contribution in [1.82, 2.24) is 5.32 Å². The minimum Gasteiger partial charge on any atom is -0.497 e. The van der Waals surface area contributed by atoms with Gasteiger partial charge in [-0.2, -0.15) is 0 Å². The Kier molecular flexibility index (Phi) is 4.92. The molecule has 0 atom stereocenters. The first kappa shape index (κ1) is 13.8. The molecule has 0 heterocycles. The lowest BCUT2D eigenvalue weighted by Crippen LogP contribution is -2.28. The SMILES string of the molecule is C=C(NC(=O)Cc1ccc(OC)cc1)C(=O)OC. The molecule has 1 aromatic carbocycles. The molecule has 0 spiro atoms. The smallest absolute Gasteiger partial charge is 0.353 e. The van der Waals surface area contributed by atoms with Crippen molar-refractivity contribution < 1.29 is 19.1 Å². The van der Waals surface area contributed by atoms with Crippen molar-refractivity contribution in [3.05, 3.63) is 42.1 Å². The summed E-state index contributed by atoms with van der Waals surface area (Å²) in [5.41, 5.74) is 0.738. The van der Waals surface area contributed by atoms with E-state index in [9.17, 15) is 9.59 Å². The summed E-state index contributed by atoms with van der Waals surface area (Å²) in [6.07, 6.45) is 0.153. The van der Waals surface area contributed by atoms with Gasteiger partial charge in [0.15, 0.2) is 0 Å². The highest BCUT2D eigenvalue weighted by atomic mass is 16.5. The van der Waals surface area contributed by atoms with Crippen LogP contribution in [-0.4, -0.2) is 26.1 Å². The van der Waals surface area contributed by atoms with E-state index >= 15 is 0 Å². The van der Waals surface area contributed by atoms with E-state index in [-0.39, 0.29) is 18.0 Å². The van der Waals surface area contributed by atoms with Crippen molar-refractivity contribution >= 4 is 11.9 Å². The van der Waals surface area contributed by atoms with Crippen LogP contribution in [0.1, 0.15) is 5.56 Å². The lowest BCUT2D eigenvalue weighted by Gasteiger charge is -2.06. The van der Waals surface area contributed by atoms with Crippen molar-refractivity contribution in [2.24, 2.45) is 0 Å². The molecule has 0 fully saturated rings. The zero-order valence-corrected chi connectivity index (χ0v) is 10.4. The highest BCUT2D eigenvalue weighted by Crippen LogP contribution is 2.11. The van der Waals surface area contributed by atoms with E-state index in [4.69, 9.17) is 4.74 Å². The van der Waals surface area contributed by atoms with Gasteiger partial charge in [0.1, 0.15) is 11.4 Å². The summed E-state index contributed by atoms with van der Waals surface area (Å²) in [7, 11) is 2.80. The number of ether oxygens (including phenoxy) is 2. The monoisotopic (exact) mass is 249 g/mol. The normalized spacial score (nSPS) is 9.44. The maximum absolute atomic E-state index is 11.6. The van der Waals surface area contributed by atoms with Crippen LogP contribution >= 0.6 is 0 Å². The van der Waals surface area contributed by atoms with Crippen LogP contribution < -0.4 is 10.1 Å². The summed E-state index contributed by atoms with van der Waals surface area (Å²) in [4.78, 5) is 22.6. The second-order valence-electron chi connectivity index (χ2n) is 3.54. The highest BCUT2D eigenvalue weighted by Gasteiger charge is 2.10. The van der Waals surface area contributed by atoms with Crippen LogP contribution in [0.4, 0.5) is 0 Å². The molecular weight excluding hydrogens is 234 g/mol. The number of nitrogens with one attached hydrogen (secondary N) is 1. The van der Waals surface area contributed by atoms with Gasteiger partial charge >= 0.3 is 5.97 Å². The molecule has 0 aliphatic carbocycles. The summed E-state index contributed by atoms with van der Waals surface area (Å²) in [6, 6.07) is 7.08. The molecule has 0 aliphatic heterocycles. The van der Waals surface area contributed by atoms with E-state index in [0.717, 1.165) is 11.3 Å². The third kappa shape index (κ3) is 3.93. The number of carbonyl (C=O) groups is 2. The van der Waals surface area contributed by atoms with Gasteiger partial charge in [-0.1, -0.05) is 18.7 Å². The summed E-state index contributed by atoms with van der Waals surface area (Å²) in [6.45, 7) is 3.41. The van der Waals surface area contributed by atoms with Crippen LogP contribution in [0.25, 0.3) is 0 Å². The lowest BCUT2D eigenvalue weighted by atomic mass is 10.1. The van der Waals surface area contributed by atoms with Gasteiger partial charge in [-0.15, -0.1) is 0 Å². The summed E-state index contributed by atoms with van der Waals surface area (Å²) in [5, 5.41) is 2.37. The average molecular weight is 249 g/mol. The van der Waals surface area contributed by atoms with E-state index < -0.39 is 5.97 Å². The molecule has 18 heavy (non-hydrogen) atoms. The summed E-state index contributed by atoms with van der Waals surface area (Å²) >= 11 is 0. The Morgan fingerprint density at radius 3 is 2.33 bits per heavy atom. The quantitative estimate of drug-likeness (QED) is 0.625. The Balaban J connectivity index is 2.54. The van der Waals surface area contributed by atoms with Crippen LogP contribution in [0.15, 0.2) is 36.5 Å². The molecule has 1 amide bonds. The van der Waals surface area contributed by atoms with Crippen molar-refractivity contribution in [3.63, 3.8) is 0 Å². The third-order valence-corrected chi connectivity index (χ3v) is 2.25. The molecule has 5 heteroatoms. The van der Waals surface area contributed by atoms with Crippen LogP contribution in [-0.2, 0) is 20.7 Å². The molecule has 0 bridgehead atoms. The molecule has 0 saturated carbocycles. The van der Waals surface area contributed by atoms with E-state index in [1.54, 1.807) is 31.4 Å². The number of hydrogen-bond donors (Lipinski definition) is 1. The topological polar surface area (TPSA) is 64.6 Å². The van der Waals surface area contributed by atoms with Gasteiger partial charge in [0.25, 0.3) is 0 Å². The number of rotatable bonds is 5. The minimum absolute atomic E-state index is 0.0731. The predicted molar refractivity (Wildman–Crippen MR) is 66.0 cm³/mol. The Morgan fingerprint density at radius 1 is 1.22 bits per heavy atom. The molecule has 5 nitrogen and oxygen atoms in total. The number of amides is 1. The van der Waals surface area contributed by atoms with Crippen molar-refractivity contribution in [1.29, 1.82) is 0 Å². The van der Waals surface area contributed by atoms with Crippen LogP contribution in [0.5, 0.6) is 5.75 Å². The van der Waals surface area contributed by atoms with Gasteiger partial charge in [0.05, 0.1) is 20.6 Å². The summed E-state index contributed by atoms with van der Waals surface area (Å²) in [5.74, 6) is -0.258. The molecule has 0 unspecified atom stereocenters. The molecular formula is C13H15NO4. The zero-order valence-electron chi connectivity index (χ0n) is 10.4. The Bertz CT molecular complexity index is 451. The fourth-order valence-corrected chi connectivity index (χ4v) is 1.32. The molecule has 1 N–H and O–H groups in total. The maximum Gasteiger partial charge on any atom is 0.353 e. The standard InChI is InChI=1S/C13H15NO4/c1-9(13(16)18-3)14-12(15)8-10-4-6-11(17-2)7-5-10/h4-7H,1,8H2,2-3H3,(H,14,15). The first-order valence-electron chi connectivity index (χ1n) is 5.27. The number of carbonyl (C=O) groups excluding carboxylic acids is 2. The first-order valence-corrected chi connectivity index (χ1v) is 5.27. The van der Waals surface area contributed by atoms with E-state index in [0.29, 0.717) is 0 Å². The van der Waals surface area contributed by atoms with Gasteiger partial charge in [-0.25, -0.2) is 4.79 Å². The molecule has 0 aliphatic rings. The Hall–Kier alpha value is -2.30. The van der Waals surface area contributed by atoms with E-state index in [1.165, 1.54) is 7.11 Å².